The van der Waals surface area contributed by atoms with Crippen LogP contribution < -0.4 is 10.6 Å². The second kappa shape index (κ2) is 5.28. The Hall–Kier alpha value is -1.44. The van der Waals surface area contributed by atoms with E-state index in [1.807, 2.05) is 0 Å². The fourth-order valence-corrected chi connectivity index (χ4v) is 2.17. The number of anilines is 1. The highest BCUT2D eigenvalue weighted by Crippen LogP contribution is 2.34. The van der Waals surface area contributed by atoms with Gasteiger partial charge in [0.05, 0.1) is 18.3 Å². The Balaban J connectivity index is 2.11. The Kier molecular flexibility index (Phi) is 3.88. The second-order valence-corrected chi connectivity index (χ2v) is 4.89. The van der Waals surface area contributed by atoms with E-state index in [2.05, 4.69) is 9.97 Å². The van der Waals surface area contributed by atoms with E-state index in [0.717, 1.165) is 0 Å². The average Bonchev–Trinajstić information content (AvgIpc) is 2.38. The van der Waals surface area contributed by atoms with Crippen LogP contribution in [0.1, 0.15) is 18.5 Å². The van der Waals surface area contributed by atoms with E-state index in [4.69, 9.17) is 18.0 Å². The highest BCUT2D eigenvalue weighted by molar-refractivity contribution is 7.80. The molecule has 1 aliphatic rings. The van der Waals surface area contributed by atoms with Crippen LogP contribution in [0.2, 0.25) is 0 Å². The van der Waals surface area contributed by atoms with Gasteiger partial charge in [-0.1, -0.05) is 12.2 Å². The van der Waals surface area contributed by atoms with Gasteiger partial charge in [0.2, 0.25) is 0 Å². The molecule has 1 aromatic heterocycles. The Labute approximate surface area is 113 Å². The van der Waals surface area contributed by atoms with Gasteiger partial charge in [0.1, 0.15) is 16.5 Å². The third-order valence-corrected chi connectivity index (χ3v) is 3.31. The Morgan fingerprint density at radius 1 is 1.37 bits per heavy atom. The normalized spacial score (nSPS) is 20.4. The van der Waals surface area contributed by atoms with Crippen LogP contribution in [-0.4, -0.2) is 34.2 Å². The first-order valence-corrected chi connectivity index (χ1v) is 6.22. The van der Waals surface area contributed by atoms with Crippen molar-refractivity contribution in [1.82, 2.24) is 9.97 Å². The van der Waals surface area contributed by atoms with Gasteiger partial charge in [-0.25, -0.2) is 9.97 Å². The van der Waals surface area contributed by atoms with Crippen LogP contribution >= 0.6 is 12.2 Å². The number of rotatable bonds is 2. The molecular formula is C11H13F3N4S. The highest BCUT2D eigenvalue weighted by atomic mass is 32.1. The molecule has 0 radical (unpaired) electrons. The van der Waals surface area contributed by atoms with Gasteiger partial charge in [-0.15, -0.1) is 0 Å². The number of halogens is 3. The van der Waals surface area contributed by atoms with Crippen molar-refractivity contribution in [3.8, 4) is 0 Å². The van der Waals surface area contributed by atoms with Crippen molar-refractivity contribution < 1.29 is 13.2 Å². The predicted molar refractivity (Wildman–Crippen MR) is 68.9 cm³/mol. The summed E-state index contributed by atoms with van der Waals surface area (Å²) >= 11 is 4.74. The molecule has 2 rings (SSSR count). The maximum Gasteiger partial charge on any atom is 0.393 e. The fraction of sp³-hybridized carbons (Fsp3) is 0.545. The van der Waals surface area contributed by atoms with Crippen LogP contribution in [0.4, 0.5) is 19.0 Å². The van der Waals surface area contributed by atoms with Crippen molar-refractivity contribution in [2.45, 2.75) is 19.0 Å². The number of aromatic nitrogens is 2. The van der Waals surface area contributed by atoms with Gasteiger partial charge in [0.25, 0.3) is 0 Å². The maximum absolute atomic E-state index is 12.7. The summed E-state index contributed by atoms with van der Waals surface area (Å²) in [5.41, 5.74) is 5.75. The quantitative estimate of drug-likeness (QED) is 0.843. The first-order valence-electron chi connectivity index (χ1n) is 5.81. The van der Waals surface area contributed by atoms with Gasteiger partial charge in [-0.3, -0.25) is 0 Å². The smallest absolute Gasteiger partial charge is 0.388 e. The molecule has 1 saturated heterocycles. The van der Waals surface area contributed by atoms with E-state index in [0.29, 0.717) is 24.5 Å². The van der Waals surface area contributed by atoms with Gasteiger partial charge in [-0.2, -0.15) is 13.2 Å². The van der Waals surface area contributed by atoms with E-state index < -0.39 is 12.1 Å². The molecule has 0 bridgehead atoms. The van der Waals surface area contributed by atoms with Crippen LogP contribution in [-0.2, 0) is 0 Å². The zero-order chi connectivity index (χ0) is 14.0. The SMILES string of the molecule is NC(=S)c1cnc(N2CCCC(C(F)(F)F)C2)cn1. The molecule has 1 fully saturated rings. The lowest BCUT2D eigenvalue weighted by molar-refractivity contribution is -0.176. The van der Waals surface area contributed by atoms with Gasteiger partial charge in [0, 0.05) is 13.1 Å². The van der Waals surface area contributed by atoms with Crippen molar-refractivity contribution in [3.05, 3.63) is 18.1 Å². The number of piperidine rings is 1. The maximum atomic E-state index is 12.7. The van der Waals surface area contributed by atoms with Crippen LogP contribution in [0.15, 0.2) is 12.4 Å². The standard InChI is InChI=1S/C11H13F3N4S/c12-11(13,14)7-2-1-3-18(6-7)9-5-16-8(4-17-9)10(15)19/h4-5,7H,1-3,6H2,(H2,15,19). The van der Waals surface area contributed by atoms with Crippen LogP contribution in [0.3, 0.4) is 0 Å². The van der Waals surface area contributed by atoms with Gasteiger partial charge < -0.3 is 10.6 Å². The zero-order valence-corrected chi connectivity index (χ0v) is 10.8. The number of nitrogens with two attached hydrogens (primary N) is 1. The van der Waals surface area contributed by atoms with Gasteiger partial charge in [0.15, 0.2) is 0 Å². The van der Waals surface area contributed by atoms with E-state index in [1.165, 1.54) is 12.4 Å². The lowest BCUT2D eigenvalue weighted by atomic mass is 9.97. The third kappa shape index (κ3) is 3.31. The molecule has 2 heterocycles. The van der Waals surface area contributed by atoms with E-state index in [9.17, 15) is 13.2 Å². The summed E-state index contributed by atoms with van der Waals surface area (Å²) in [5, 5.41) is 0. The minimum absolute atomic E-state index is 0.0788. The molecule has 1 aromatic rings. The molecule has 0 amide bonds. The lowest BCUT2D eigenvalue weighted by Crippen LogP contribution is -2.42. The summed E-state index contributed by atoms with van der Waals surface area (Å²) < 4.78 is 38.1. The Morgan fingerprint density at radius 3 is 2.63 bits per heavy atom. The molecule has 0 aromatic carbocycles. The monoisotopic (exact) mass is 290 g/mol. The van der Waals surface area contributed by atoms with Crippen molar-refractivity contribution >= 4 is 23.0 Å². The predicted octanol–water partition coefficient (Wildman–Crippen LogP) is 1.89. The summed E-state index contributed by atoms with van der Waals surface area (Å²) in [5.74, 6) is -0.882. The Morgan fingerprint density at radius 2 is 2.11 bits per heavy atom. The highest BCUT2D eigenvalue weighted by Gasteiger charge is 2.42. The molecule has 1 atom stereocenters. The molecule has 1 aliphatic heterocycles. The summed E-state index contributed by atoms with van der Waals surface area (Å²) in [6.07, 6.45) is -0.714. The third-order valence-electron chi connectivity index (χ3n) is 3.10. The molecule has 0 spiro atoms. The summed E-state index contributed by atoms with van der Waals surface area (Å²) in [6, 6.07) is 0. The van der Waals surface area contributed by atoms with Crippen molar-refractivity contribution in [2.24, 2.45) is 11.7 Å². The largest absolute Gasteiger partial charge is 0.393 e. The summed E-state index contributed by atoms with van der Waals surface area (Å²) in [7, 11) is 0. The van der Waals surface area contributed by atoms with Gasteiger partial charge in [-0.05, 0) is 12.8 Å². The molecule has 4 nitrogen and oxygen atoms in total. The van der Waals surface area contributed by atoms with E-state index >= 15 is 0 Å². The van der Waals surface area contributed by atoms with Crippen LogP contribution in [0.5, 0.6) is 0 Å². The molecule has 8 heteroatoms. The molecule has 2 N–H and O–H groups in total. The summed E-state index contributed by atoms with van der Waals surface area (Å²) in [6.45, 7) is 0.471. The van der Waals surface area contributed by atoms with E-state index in [1.54, 1.807) is 4.90 Å². The first-order chi connectivity index (χ1) is 8.88. The summed E-state index contributed by atoms with van der Waals surface area (Å²) in [4.78, 5) is 9.77. The number of hydrogen-bond donors (Lipinski definition) is 1. The average molecular weight is 290 g/mol. The van der Waals surface area contributed by atoms with Crippen molar-refractivity contribution in [3.63, 3.8) is 0 Å². The number of nitrogens with zero attached hydrogens (tertiary/aromatic N) is 3. The number of alkyl halides is 3. The van der Waals surface area contributed by atoms with E-state index in [-0.39, 0.29) is 18.0 Å². The molecular weight excluding hydrogens is 277 g/mol. The molecule has 0 saturated carbocycles. The van der Waals surface area contributed by atoms with Crippen LogP contribution in [0.25, 0.3) is 0 Å². The minimum Gasteiger partial charge on any atom is -0.388 e. The van der Waals surface area contributed by atoms with Gasteiger partial charge >= 0.3 is 6.18 Å². The fourth-order valence-electron chi connectivity index (χ4n) is 2.06. The number of thiocarbonyl (C=S) groups is 1. The second-order valence-electron chi connectivity index (χ2n) is 4.45. The van der Waals surface area contributed by atoms with Crippen LogP contribution in [0, 0.1) is 5.92 Å². The topological polar surface area (TPSA) is 55.0 Å². The number of hydrogen-bond acceptors (Lipinski definition) is 4. The Bertz CT molecular complexity index is 460. The molecule has 0 aliphatic carbocycles. The molecule has 19 heavy (non-hydrogen) atoms. The van der Waals surface area contributed by atoms with Crippen molar-refractivity contribution in [2.75, 3.05) is 18.0 Å². The molecule has 104 valence electrons. The lowest BCUT2D eigenvalue weighted by Gasteiger charge is -2.34. The zero-order valence-electron chi connectivity index (χ0n) is 10.0. The van der Waals surface area contributed by atoms with Crippen molar-refractivity contribution in [1.29, 1.82) is 0 Å². The molecule has 1 unspecified atom stereocenters. The minimum atomic E-state index is -4.16. The first kappa shape index (κ1) is 14.0.